The lowest BCUT2D eigenvalue weighted by molar-refractivity contribution is -0.117. The van der Waals surface area contributed by atoms with Crippen LogP contribution in [-0.2, 0) is 9.53 Å². The fourth-order valence-corrected chi connectivity index (χ4v) is 4.03. The van der Waals surface area contributed by atoms with E-state index in [1.54, 1.807) is 19.4 Å². The third-order valence-electron chi connectivity index (χ3n) is 6.05. The summed E-state index contributed by atoms with van der Waals surface area (Å²) >= 11 is 0. The molecule has 10 nitrogen and oxygen atoms in total. The minimum Gasteiger partial charge on any atom is -0.494 e. The molecular weight excluding hydrogens is 436 g/mol. The number of pyridine rings is 1. The number of nitrogens with one attached hydrogen (secondary N) is 2. The molecule has 1 unspecified atom stereocenters. The maximum atomic E-state index is 12.2. The van der Waals surface area contributed by atoms with E-state index < -0.39 is 5.91 Å². The normalized spacial score (nSPS) is 17.4. The molecule has 3 aromatic rings. The highest BCUT2D eigenvalue weighted by atomic mass is 16.5. The molecule has 4 N–H and O–H groups in total. The number of hydrogen-bond acceptors (Lipinski definition) is 7. The summed E-state index contributed by atoms with van der Waals surface area (Å²) in [6, 6.07) is 7.49. The van der Waals surface area contributed by atoms with Crippen molar-refractivity contribution in [2.24, 2.45) is 11.7 Å². The molecule has 2 aliphatic rings. The van der Waals surface area contributed by atoms with Crippen LogP contribution in [0.3, 0.4) is 0 Å². The molecule has 2 amide bonds. The molecule has 34 heavy (non-hydrogen) atoms. The topological polar surface area (TPSA) is 133 Å². The quantitative estimate of drug-likeness (QED) is 0.468. The second-order valence-corrected chi connectivity index (χ2v) is 8.48. The van der Waals surface area contributed by atoms with E-state index in [1.165, 1.54) is 6.20 Å². The van der Waals surface area contributed by atoms with E-state index in [2.05, 4.69) is 20.7 Å². The first-order valence-electron chi connectivity index (χ1n) is 11.2. The minimum absolute atomic E-state index is 0.0301. The number of nitrogens with two attached hydrogens (primary N) is 1. The second kappa shape index (κ2) is 9.14. The van der Waals surface area contributed by atoms with Crippen molar-refractivity contribution >= 4 is 29.0 Å². The number of benzene rings is 1. The molecule has 0 spiro atoms. The maximum Gasteiger partial charge on any atom is 0.252 e. The predicted molar refractivity (Wildman–Crippen MR) is 126 cm³/mol. The lowest BCUT2D eigenvalue weighted by Gasteiger charge is -2.17. The Hall–Kier alpha value is -3.92. The predicted octanol–water partition coefficient (Wildman–Crippen LogP) is 3.11. The number of para-hydroxylation sites is 1. The fourth-order valence-electron chi connectivity index (χ4n) is 4.03. The van der Waals surface area contributed by atoms with Gasteiger partial charge in [0.25, 0.3) is 5.91 Å². The first-order valence-corrected chi connectivity index (χ1v) is 11.2. The van der Waals surface area contributed by atoms with Gasteiger partial charge < -0.3 is 25.8 Å². The summed E-state index contributed by atoms with van der Waals surface area (Å²) in [4.78, 5) is 28.4. The van der Waals surface area contributed by atoms with Crippen LogP contribution in [0.1, 0.15) is 35.7 Å². The summed E-state index contributed by atoms with van der Waals surface area (Å²) in [7, 11) is 1.59. The van der Waals surface area contributed by atoms with Gasteiger partial charge in [0.2, 0.25) is 5.91 Å². The monoisotopic (exact) mass is 462 g/mol. The third kappa shape index (κ3) is 4.44. The summed E-state index contributed by atoms with van der Waals surface area (Å²) in [6.07, 6.45) is 7.82. The van der Waals surface area contributed by atoms with E-state index >= 15 is 0 Å². The standard InChI is InChI=1S/C24H26N6O4/c1-33-22-17(15-10-27-30(12-15)16-7-8-34-13-16)3-2-4-19(22)28-20-9-21(26-11-18(20)23(25)31)29-24(32)14-5-6-14/h2-4,9-12,14,16H,5-8,13H2,1H3,(H2,25,31)(H2,26,28,29,32). The highest BCUT2D eigenvalue weighted by Crippen LogP contribution is 2.39. The second-order valence-electron chi connectivity index (χ2n) is 8.48. The van der Waals surface area contributed by atoms with Crippen LogP contribution in [0, 0.1) is 5.92 Å². The average Bonchev–Trinajstić information content (AvgIpc) is 3.32. The van der Waals surface area contributed by atoms with Gasteiger partial charge >= 0.3 is 0 Å². The molecular formula is C24H26N6O4. The van der Waals surface area contributed by atoms with Crippen molar-refractivity contribution in [2.45, 2.75) is 25.3 Å². The van der Waals surface area contributed by atoms with Gasteiger partial charge in [0, 0.05) is 42.1 Å². The molecule has 1 aromatic carbocycles. The van der Waals surface area contributed by atoms with Crippen LogP contribution in [0.2, 0.25) is 0 Å². The molecule has 2 fully saturated rings. The summed E-state index contributed by atoms with van der Waals surface area (Å²) in [5, 5.41) is 10.5. The first-order chi connectivity index (χ1) is 16.5. The van der Waals surface area contributed by atoms with Crippen LogP contribution in [0.15, 0.2) is 42.9 Å². The van der Waals surface area contributed by atoms with E-state index in [9.17, 15) is 9.59 Å². The minimum atomic E-state index is -0.634. The Morgan fingerprint density at radius 1 is 1.21 bits per heavy atom. The number of primary amides is 1. The van der Waals surface area contributed by atoms with Crippen LogP contribution >= 0.6 is 0 Å². The Labute approximate surface area is 196 Å². The van der Waals surface area contributed by atoms with E-state index in [1.807, 2.05) is 29.1 Å². The molecule has 1 saturated carbocycles. The molecule has 1 atom stereocenters. The maximum absolute atomic E-state index is 12.2. The zero-order chi connectivity index (χ0) is 23.7. The largest absolute Gasteiger partial charge is 0.494 e. The van der Waals surface area contributed by atoms with Crippen LogP contribution in [0.4, 0.5) is 17.2 Å². The Balaban J connectivity index is 1.46. The summed E-state index contributed by atoms with van der Waals surface area (Å²) in [5.74, 6) is 0.252. The molecule has 10 heteroatoms. The number of hydrogen-bond donors (Lipinski definition) is 3. The first kappa shape index (κ1) is 21.9. The van der Waals surface area contributed by atoms with Gasteiger partial charge in [-0.25, -0.2) is 4.98 Å². The summed E-state index contributed by atoms with van der Waals surface area (Å²) in [5.41, 5.74) is 8.56. The number of rotatable bonds is 8. The van der Waals surface area contributed by atoms with E-state index in [0.717, 1.165) is 37.0 Å². The molecule has 5 rings (SSSR count). The van der Waals surface area contributed by atoms with E-state index in [0.29, 0.717) is 29.5 Å². The van der Waals surface area contributed by atoms with Crippen molar-refractivity contribution in [3.05, 3.63) is 48.4 Å². The van der Waals surface area contributed by atoms with Crippen LogP contribution in [0.25, 0.3) is 11.1 Å². The number of ether oxygens (including phenoxy) is 2. The van der Waals surface area contributed by atoms with Crippen molar-refractivity contribution in [3.63, 3.8) is 0 Å². The Kier molecular flexibility index (Phi) is 5.89. The van der Waals surface area contributed by atoms with Gasteiger partial charge in [-0.3, -0.25) is 14.3 Å². The van der Waals surface area contributed by atoms with Gasteiger partial charge in [0.15, 0.2) is 0 Å². The van der Waals surface area contributed by atoms with Gasteiger partial charge in [-0.15, -0.1) is 0 Å². The average molecular weight is 463 g/mol. The summed E-state index contributed by atoms with van der Waals surface area (Å²) in [6.45, 7) is 1.39. The van der Waals surface area contributed by atoms with E-state index in [4.69, 9.17) is 15.2 Å². The number of anilines is 3. The molecule has 1 saturated heterocycles. The van der Waals surface area contributed by atoms with Crippen molar-refractivity contribution in [1.29, 1.82) is 0 Å². The molecule has 176 valence electrons. The molecule has 1 aliphatic carbocycles. The lowest BCUT2D eigenvalue weighted by Crippen LogP contribution is -2.17. The van der Waals surface area contributed by atoms with Gasteiger partial charge in [-0.2, -0.15) is 5.10 Å². The summed E-state index contributed by atoms with van der Waals surface area (Å²) < 4.78 is 13.1. The van der Waals surface area contributed by atoms with Gasteiger partial charge in [0.1, 0.15) is 11.6 Å². The molecule has 3 heterocycles. The van der Waals surface area contributed by atoms with Crippen LogP contribution < -0.4 is 21.1 Å². The number of carbonyl (C=O) groups is 2. The molecule has 0 bridgehead atoms. The zero-order valence-electron chi connectivity index (χ0n) is 18.8. The Morgan fingerprint density at radius 3 is 2.76 bits per heavy atom. The number of nitrogens with zero attached hydrogens (tertiary/aromatic N) is 3. The van der Waals surface area contributed by atoms with Crippen molar-refractivity contribution < 1.29 is 19.1 Å². The smallest absolute Gasteiger partial charge is 0.252 e. The van der Waals surface area contributed by atoms with Crippen molar-refractivity contribution in [2.75, 3.05) is 31.0 Å². The number of methoxy groups -OCH3 is 1. The molecule has 1 aliphatic heterocycles. The highest BCUT2D eigenvalue weighted by molar-refractivity contribution is 6.01. The Morgan fingerprint density at radius 2 is 2.06 bits per heavy atom. The highest BCUT2D eigenvalue weighted by Gasteiger charge is 2.30. The third-order valence-corrected chi connectivity index (χ3v) is 6.05. The van der Waals surface area contributed by atoms with Crippen molar-refractivity contribution in [1.82, 2.24) is 14.8 Å². The van der Waals surface area contributed by atoms with Crippen molar-refractivity contribution in [3.8, 4) is 16.9 Å². The fraction of sp³-hybridized carbons (Fsp3) is 0.333. The number of aromatic nitrogens is 3. The Bertz CT molecular complexity index is 1230. The molecule has 0 radical (unpaired) electrons. The van der Waals surface area contributed by atoms with Gasteiger partial charge in [-0.05, 0) is 25.3 Å². The number of amides is 2. The van der Waals surface area contributed by atoms with Gasteiger partial charge in [0.05, 0.1) is 42.9 Å². The molecule has 2 aromatic heterocycles. The SMILES string of the molecule is COc1c(Nc2cc(NC(=O)C3CC3)ncc2C(N)=O)cccc1-c1cnn(C2CCOC2)c1. The van der Waals surface area contributed by atoms with Crippen LogP contribution in [0.5, 0.6) is 5.75 Å². The van der Waals surface area contributed by atoms with Gasteiger partial charge in [-0.1, -0.05) is 12.1 Å². The lowest BCUT2D eigenvalue weighted by atomic mass is 10.1. The van der Waals surface area contributed by atoms with Crippen LogP contribution in [-0.4, -0.2) is 46.9 Å². The zero-order valence-corrected chi connectivity index (χ0v) is 18.8. The van der Waals surface area contributed by atoms with E-state index in [-0.39, 0.29) is 23.4 Å². The number of carbonyl (C=O) groups excluding carboxylic acids is 2.